The number of nitrogens with zero attached hydrogens (tertiary/aromatic N) is 1. The molecular weight excluding hydrogens is 250 g/mol. The second kappa shape index (κ2) is 5.69. The van der Waals surface area contributed by atoms with Gasteiger partial charge in [-0.05, 0) is 39.8 Å². The van der Waals surface area contributed by atoms with Gasteiger partial charge in [-0.3, -0.25) is 10.1 Å². The first kappa shape index (κ1) is 14.9. The average Bonchev–Trinajstić information content (AvgIpc) is 2.27. The summed E-state index contributed by atoms with van der Waals surface area (Å²) in [6, 6.07) is 5.52. The van der Waals surface area contributed by atoms with Crippen LogP contribution in [-0.4, -0.2) is 22.6 Å². The average molecular weight is 267 g/mol. The summed E-state index contributed by atoms with van der Waals surface area (Å²) in [7, 11) is 0. The molecule has 0 bridgehead atoms. The van der Waals surface area contributed by atoms with Crippen molar-refractivity contribution in [1.29, 1.82) is 0 Å². The van der Waals surface area contributed by atoms with Crippen molar-refractivity contribution in [2.24, 2.45) is 0 Å². The van der Waals surface area contributed by atoms with Crippen LogP contribution in [0.25, 0.3) is 0 Å². The Bertz CT molecular complexity index is 461. The molecule has 0 aromatic heterocycles. The molecule has 1 atom stereocenters. The van der Waals surface area contributed by atoms with Crippen molar-refractivity contribution in [3.8, 4) is 5.75 Å². The smallest absolute Gasteiger partial charge is 0.347 e. The Morgan fingerprint density at radius 3 is 2.21 bits per heavy atom. The van der Waals surface area contributed by atoms with E-state index in [1.807, 2.05) is 0 Å². The van der Waals surface area contributed by atoms with Gasteiger partial charge in [-0.2, -0.15) is 0 Å². The fourth-order valence-corrected chi connectivity index (χ4v) is 1.28. The molecule has 6 nitrogen and oxygen atoms in total. The largest absolute Gasteiger partial charge is 0.479 e. The van der Waals surface area contributed by atoms with Gasteiger partial charge in [0, 0.05) is 12.1 Å². The fourth-order valence-electron chi connectivity index (χ4n) is 1.28. The third-order valence-electron chi connectivity index (χ3n) is 2.10. The Balaban J connectivity index is 2.64. The Hall–Kier alpha value is -2.11. The van der Waals surface area contributed by atoms with Crippen LogP contribution in [0.5, 0.6) is 5.75 Å². The third kappa shape index (κ3) is 4.95. The zero-order valence-corrected chi connectivity index (χ0v) is 11.4. The standard InChI is InChI=1S/C13H17NO5/c1-9(12(15)19-13(2,3)4)18-11-7-5-10(6-8-11)14(16)17/h5-9H,1-4H3. The van der Waals surface area contributed by atoms with E-state index in [1.54, 1.807) is 27.7 Å². The zero-order chi connectivity index (χ0) is 14.6. The maximum atomic E-state index is 11.7. The van der Waals surface area contributed by atoms with Gasteiger partial charge < -0.3 is 9.47 Å². The number of hydrogen-bond acceptors (Lipinski definition) is 5. The minimum absolute atomic E-state index is 0.0303. The second-order valence-electron chi connectivity index (χ2n) is 5.04. The van der Waals surface area contributed by atoms with Gasteiger partial charge >= 0.3 is 5.97 Å². The topological polar surface area (TPSA) is 78.7 Å². The Labute approximate surface area is 111 Å². The molecule has 0 aliphatic carbocycles. The summed E-state index contributed by atoms with van der Waals surface area (Å²) < 4.78 is 10.5. The maximum absolute atomic E-state index is 11.7. The van der Waals surface area contributed by atoms with E-state index >= 15 is 0 Å². The summed E-state index contributed by atoms with van der Waals surface area (Å²) in [6.45, 7) is 6.87. The number of non-ortho nitro benzene ring substituents is 1. The lowest BCUT2D eigenvalue weighted by atomic mass is 10.2. The van der Waals surface area contributed by atoms with Gasteiger partial charge in [0.05, 0.1) is 4.92 Å². The highest BCUT2D eigenvalue weighted by molar-refractivity contribution is 5.75. The molecule has 1 rings (SSSR count). The molecule has 1 unspecified atom stereocenters. The fraction of sp³-hybridized carbons (Fsp3) is 0.462. The van der Waals surface area contributed by atoms with Crippen LogP contribution in [0.1, 0.15) is 27.7 Å². The van der Waals surface area contributed by atoms with Gasteiger partial charge in [0.1, 0.15) is 11.4 Å². The van der Waals surface area contributed by atoms with E-state index in [0.717, 1.165) is 0 Å². The Morgan fingerprint density at radius 2 is 1.79 bits per heavy atom. The Kier molecular flexibility index (Phi) is 4.47. The van der Waals surface area contributed by atoms with Gasteiger partial charge in [0.2, 0.25) is 0 Å². The molecule has 0 radical (unpaired) electrons. The predicted octanol–water partition coefficient (Wildman–Crippen LogP) is 2.70. The first-order valence-corrected chi connectivity index (χ1v) is 5.83. The summed E-state index contributed by atoms with van der Waals surface area (Å²) in [6.07, 6.45) is -0.777. The van der Waals surface area contributed by atoms with Crippen LogP contribution in [0.15, 0.2) is 24.3 Å². The molecule has 0 N–H and O–H groups in total. The summed E-state index contributed by atoms with van der Waals surface area (Å²) in [5, 5.41) is 10.5. The monoisotopic (exact) mass is 267 g/mol. The number of nitro groups is 1. The highest BCUT2D eigenvalue weighted by atomic mass is 16.6. The molecular formula is C13H17NO5. The molecule has 0 aliphatic heterocycles. The van der Waals surface area contributed by atoms with Crippen molar-refractivity contribution >= 4 is 11.7 Å². The van der Waals surface area contributed by atoms with Crippen molar-refractivity contribution in [1.82, 2.24) is 0 Å². The van der Waals surface area contributed by atoms with Crippen molar-refractivity contribution in [2.75, 3.05) is 0 Å². The van der Waals surface area contributed by atoms with Gasteiger partial charge in [0.15, 0.2) is 6.10 Å². The molecule has 0 amide bonds. The van der Waals surface area contributed by atoms with Crippen LogP contribution in [0.3, 0.4) is 0 Å². The second-order valence-corrected chi connectivity index (χ2v) is 5.04. The number of carbonyl (C=O) groups is 1. The van der Waals surface area contributed by atoms with Crippen LogP contribution < -0.4 is 4.74 Å². The molecule has 19 heavy (non-hydrogen) atoms. The zero-order valence-electron chi connectivity index (χ0n) is 11.4. The molecule has 1 aromatic carbocycles. The highest BCUT2D eigenvalue weighted by Crippen LogP contribution is 2.19. The minimum atomic E-state index is -0.777. The Morgan fingerprint density at radius 1 is 1.26 bits per heavy atom. The summed E-state index contributed by atoms with van der Waals surface area (Å²) >= 11 is 0. The first-order valence-electron chi connectivity index (χ1n) is 5.83. The SMILES string of the molecule is CC(Oc1ccc([N+](=O)[O-])cc1)C(=O)OC(C)(C)C. The van der Waals surface area contributed by atoms with E-state index in [0.29, 0.717) is 5.75 Å². The van der Waals surface area contributed by atoms with Crippen LogP contribution in [-0.2, 0) is 9.53 Å². The predicted molar refractivity (Wildman–Crippen MR) is 69.0 cm³/mol. The number of esters is 1. The van der Waals surface area contributed by atoms with Crippen LogP contribution >= 0.6 is 0 Å². The molecule has 0 fully saturated rings. The summed E-state index contributed by atoms with van der Waals surface area (Å²) in [5.74, 6) is -0.102. The van der Waals surface area contributed by atoms with E-state index in [4.69, 9.17) is 9.47 Å². The molecule has 0 aliphatic rings. The first-order chi connectivity index (χ1) is 8.69. The van der Waals surface area contributed by atoms with Crippen LogP contribution in [0, 0.1) is 10.1 Å². The van der Waals surface area contributed by atoms with E-state index in [9.17, 15) is 14.9 Å². The van der Waals surface area contributed by atoms with Crippen molar-refractivity contribution < 1.29 is 19.2 Å². The lowest BCUT2D eigenvalue weighted by molar-refractivity contribution is -0.384. The van der Waals surface area contributed by atoms with Crippen molar-refractivity contribution in [2.45, 2.75) is 39.4 Å². The summed E-state index contributed by atoms with van der Waals surface area (Å²) in [5.41, 5.74) is -0.609. The molecule has 1 aromatic rings. The quantitative estimate of drug-likeness (QED) is 0.476. The number of nitro benzene ring substituents is 1. The lowest BCUT2D eigenvalue weighted by Gasteiger charge is -2.22. The van der Waals surface area contributed by atoms with E-state index in [2.05, 4.69) is 0 Å². The number of hydrogen-bond donors (Lipinski definition) is 0. The van der Waals surface area contributed by atoms with Crippen molar-refractivity contribution in [3.63, 3.8) is 0 Å². The normalized spacial score (nSPS) is 12.6. The van der Waals surface area contributed by atoms with Crippen LogP contribution in [0.4, 0.5) is 5.69 Å². The number of benzene rings is 1. The number of carbonyl (C=O) groups excluding carboxylic acids is 1. The van der Waals surface area contributed by atoms with Crippen LogP contribution in [0.2, 0.25) is 0 Å². The maximum Gasteiger partial charge on any atom is 0.347 e. The molecule has 6 heteroatoms. The van der Waals surface area contributed by atoms with Gasteiger partial charge in [-0.25, -0.2) is 4.79 Å². The number of ether oxygens (including phenoxy) is 2. The van der Waals surface area contributed by atoms with Gasteiger partial charge in [-0.15, -0.1) is 0 Å². The summed E-state index contributed by atoms with van der Waals surface area (Å²) in [4.78, 5) is 21.7. The number of rotatable bonds is 4. The van der Waals surface area contributed by atoms with Gasteiger partial charge in [-0.1, -0.05) is 0 Å². The van der Waals surface area contributed by atoms with E-state index < -0.39 is 22.6 Å². The van der Waals surface area contributed by atoms with E-state index in [1.165, 1.54) is 24.3 Å². The molecule has 104 valence electrons. The lowest BCUT2D eigenvalue weighted by Crippen LogP contribution is -2.33. The van der Waals surface area contributed by atoms with Crippen molar-refractivity contribution in [3.05, 3.63) is 34.4 Å². The molecule has 0 saturated heterocycles. The third-order valence-corrected chi connectivity index (χ3v) is 2.10. The van der Waals surface area contributed by atoms with Gasteiger partial charge in [0.25, 0.3) is 5.69 Å². The van der Waals surface area contributed by atoms with E-state index in [-0.39, 0.29) is 5.69 Å². The highest BCUT2D eigenvalue weighted by Gasteiger charge is 2.23. The molecule has 0 saturated carbocycles. The molecule has 0 spiro atoms. The molecule has 0 heterocycles. The minimum Gasteiger partial charge on any atom is -0.479 e.